The van der Waals surface area contributed by atoms with E-state index in [9.17, 15) is 14.8 Å². The summed E-state index contributed by atoms with van der Waals surface area (Å²) in [5, 5.41) is 11.5. The molecule has 2 fully saturated rings. The first-order valence-corrected chi connectivity index (χ1v) is 14.6. The third-order valence-corrected chi connectivity index (χ3v) is 8.40. The van der Waals surface area contributed by atoms with E-state index in [0.29, 0.717) is 49.6 Å². The SMILES string of the molecule is COc1cc(OC2CCN(Cc3ccc[n+]([O-])c3)CC2)ccc1C(=O)N1CCC(N2C(=O)OCc3ccccc32)CC1. The summed E-state index contributed by atoms with van der Waals surface area (Å²) in [5.41, 5.74) is 3.40. The van der Waals surface area contributed by atoms with Gasteiger partial charge in [-0.25, -0.2) is 4.79 Å². The summed E-state index contributed by atoms with van der Waals surface area (Å²) in [5.74, 6) is 1.07. The summed E-state index contributed by atoms with van der Waals surface area (Å²) in [4.78, 5) is 32.0. The van der Waals surface area contributed by atoms with Crippen molar-refractivity contribution in [2.45, 2.75) is 51.0 Å². The predicted octanol–water partition coefficient (Wildman–Crippen LogP) is 4.13. The lowest BCUT2D eigenvalue weighted by atomic mass is 10.00. The predicted molar refractivity (Wildman–Crippen MR) is 155 cm³/mol. The Bertz CT molecular complexity index is 1430. The molecule has 0 N–H and O–H groups in total. The van der Waals surface area contributed by atoms with Crippen LogP contribution in [0.25, 0.3) is 0 Å². The van der Waals surface area contributed by atoms with E-state index in [1.165, 1.54) is 6.20 Å². The molecule has 0 radical (unpaired) electrons. The standard InChI is InChI=1S/C32H36N4O6/c1-40-30-19-27(42-26-12-15-33(16-13-26)20-23-5-4-14-35(39)21-23)8-9-28(30)31(37)34-17-10-25(11-18-34)36-29-7-3-2-6-24(29)22-41-32(36)38/h2-9,14,19,21,25-26H,10-13,15-18,20,22H2,1H3. The van der Waals surface area contributed by atoms with Crippen LogP contribution in [-0.4, -0.2) is 67.2 Å². The van der Waals surface area contributed by atoms with Crippen LogP contribution in [0, 0.1) is 5.21 Å². The van der Waals surface area contributed by atoms with E-state index in [2.05, 4.69) is 4.90 Å². The van der Waals surface area contributed by atoms with Gasteiger partial charge in [0.05, 0.1) is 18.4 Å². The van der Waals surface area contributed by atoms with E-state index in [1.54, 1.807) is 36.4 Å². The number of aromatic nitrogens is 1. The molecule has 2 aromatic carbocycles. The zero-order chi connectivity index (χ0) is 29.1. The highest BCUT2D eigenvalue weighted by Gasteiger charge is 2.35. The molecular weight excluding hydrogens is 536 g/mol. The Labute approximate surface area is 245 Å². The Morgan fingerprint density at radius 3 is 2.57 bits per heavy atom. The van der Waals surface area contributed by atoms with E-state index in [1.807, 2.05) is 41.3 Å². The number of hydrogen-bond acceptors (Lipinski definition) is 7. The lowest BCUT2D eigenvalue weighted by Crippen LogP contribution is -2.50. The smallest absolute Gasteiger partial charge is 0.414 e. The number of para-hydroxylation sites is 1. The molecule has 3 aromatic rings. The Balaban J connectivity index is 1.04. The summed E-state index contributed by atoms with van der Waals surface area (Å²) in [6.07, 6.45) is 5.93. The van der Waals surface area contributed by atoms with Crippen LogP contribution in [0.4, 0.5) is 10.5 Å². The van der Waals surface area contributed by atoms with Gasteiger partial charge in [-0.15, -0.1) is 0 Å². The first-order valence-electron chi connectivity index (χ1n) is 14.6. The minimum Gasteiger partial charge on any atom is -0.619 e. The Morgan fingerprint density at radius 1 is 1.02 bits per heavy atom. The van der Waals surface area contributed by atoms with Gasteiger partial charge in [0.1, 0.15) is 24.2 Å². The third kappa shape index (κ3) is 5.99. The molecule has 4 heterocycles. The number of anilines is 1. The van der Waals surface area contributed by atoms with Gasteiger partial charge in [-0.05, 0) is 49.9 Å². The van der Waals surface area contributed by atoms with Gasteiger partial charge in [0.2, 0.25) is 0 Å². The molecule has 0 saturated carbocycles. The third-order valence-electron chi connectivity index (χ3n) is 8.40. The minimum absolute atomic E-state index is 0.0252. The number of rotatable bonds is 7. The maximum atomic E-state index is 13.5. The molecule has 0 aliphatic carbocycles. The highest BCUT2D eigenvalue weighted by molar-refractivity contribution is 5.97. The first kappa shape index (κ1) is 27.8. The summed E-state index contributed by atoms with van der Waals surface area (Å²) >= 11 is 0. The lowest BCUT2D eigenvalue weighted by molar-refractivity contribution is -0.605. The van der Waals surface area contributed by atoms with Crippen LogP contribution in [-0.2, 0) is 17.9 Å². The van der Waals surface area contributed by atoms with E-state index in [0.717, 1.165) is 54.0 Å². The Morgan fingerprint density at radius 2 is 1.81 bits per heavy atom. The average molecular weight is 573 g/mol. The quantitative estimate of drug-likeness (QED) is 0.310. The van der Waals surface area contributed by atoms with Crippen molar-refractivity contribution in [3.05, 3.63) is 88.9 Å². The molecule has 1 aromatic heterocycles. The Kier molecular flexibility index (Phi) is 8.14. The number of likely N-dealkylation sites (tertiary alicyclic amines) is 2. The molecular formula is C32H36N4O6. The number of hydrogen-bond donors (Lipinski definition) is 0. The summed E-state index contributed by atoms with van der Waals surface area (Å²) < 4.78 is 18.1. The largest absolute Gasteiger partial charge is 0.619 e. The number of cyclic esters (lactones) is 1. The van der Waals surface area contributed by atoms with Gasteiger partial charge in [0, 0.05) is 62.0 Å². The molecule has 42 heavy (non-hydrogen) atoms. The van der Waals surface area contributed by atoms with Crippen LogP contribution >= 0.6 is 0 Å². The number of carbonyl (C=O) groups excluding carboxylic acids is 2. The molecule has 0 unspecified atom stereocenters. The van der Waals surface area contributed by atoms with Gasteiger partial charge in [-0.2, -0.15) is 4.73 Å². The fourth-order valence-electron chi connectivity index (χ4n) is 6.17. The Hall–Kier alpha value is -4.31. The summed E-state index contributed by atoms with van der Waals surface area (Å²) in [6, 6.07) is 16.9. The van der Waals surface area contributed by atoms with Gasteiger partial charge >= 0.3 is 6.09 Å². The number of piperidine rings is 2. The summed E-state index contributed by atoms with van der Waals surface area (Å²) in [6.45, 7) is 3.86. The molecule has 0 bridgehead atoms. The molecule has 220 valence electrons. The number of fused-ring (bicyclic) bond motifs is 1. The number of carbonyl (C=O) groups is 2. The molecule has 3 aliphatic heterocycles. The maximum absolute atomic E-state index is 13.5. The molecule has 10 heteroatoms. The van der Waals surface area contributed by atoms with Crippen molar-refractivity contribution < 1.29 is 28.5 Å². The van der Waals surface area contributed by atoms with Crippen molar-refractivity contribution in [1.29, 1.82) is 0 Å². The number of amides is 2. The van der Waals surface area contributed by atoms with Gasteiger partial charge in [-0.3, -0.25) is 14.6 Å². The second kappa shape index (κ2) is 12.3. The second-order valence-electron chi connectivity index (χ2n) is 11.1. The van der Waals surface area contributed by atoms with Crippen molar-refractivity contribution in [3.8, 4) is 11.5 Å². The monoisotopic (exact) mass is 572 g/mol. The van der Waals surface area contributed by atoms with Crippen LogP contribution in [0.5, 0.6) is 11.5 Å². The minimum atomic E-state index is -0.324. The van der Waals surface area contributed by atoms with Crippen molar-refractivity contribution in [3.63, 3.8) is 0 Å². The van der Waals surface area contributed by atoms with Crippen LogP contribution in [0.15, 0.2) is 67.0 Å². The van der Waals surface area contributed by atoms with Crippen LogP contribution in [0.3, 0.4) is 0 Å². The van der Waals surface area contributed by atoms with Gasteiger partial charge in [0.25, 0.3) is 5.91 Å². The number of ether oxygens (including phenoxy) is 3. The topological polar surface area (TPSA) is 98.5 Å². The molecule has 6 rings (SSSR count). The fourth-order valence-corrected chi connectivity index (χ4v) is 6.17. The van der Waals surface area contributed by atoms with Gasteiger partial charge < -0.3 is 24.3 Å². The molecule has 10 nitrogen and oxygen atoms in total. The zero-order valence-corrected chi connectivity index (χ0v) is 23.8. The maximum Gasteiger partial charge on any atom is 0.414 e. The van der Waals surface area contributed by atoms with E-state index >= 15 is 0 Å². The normalized spacial score (nSPS) is 18.4. The van der Waals surface area contributed by atoms with Gasteiger partial charge in [-0.1, -0.05) is 18.2 Å². The highest BCUT2D eigenvalue weighted by Crippen LogP contribution is 2.33. The van der Waals surface area contributed by atoms with E-state index < -0.39 is 0 Å². The highest BCUT2D eigenvalue weighted by atomic mass is 16.6. The van der Waals surface area contributed by atoms with Gasteiger partial charge in [0.15, 0.2) is 12.4 Å². The molecule has 2 amide bonds. The molecule has 0 spiro atoms. The second-order valence-corrected chi connectivity index (χ2v) is 11.1. The average Bonchev–Trinajstić information content (AvgIpc) is 3.02. The lowest BCUT2D eigenvalue weighted by Gasteiger charge is -2.40. The number of methoxy groups -OCH3 is 1. The van der Waals surface area contributed by atoms with Crippen LogP contribution < -0.4 is 19.1 Å². The number of nitrogens with zero attached hydrogens (tertiary/aromatic N) is 4. The van der Waals surface area contributed by atoms with Crippen LogP contribution in [0.2, 0.25) is 0 Å². The summed E-state index contributed by atoms with van der Waals surface area (Å²) in [7, 11) is 1.56. The van der Waals surface area contributed by atoms with E-state index in [4.69, 9.17) is 14.2 Å². The molecule has 3 aliphatic rings. The van der Waals surface area contributed by atoms with Crippen molar-refractivity contribution in [2.75, 3.05) is 38.2 Å². The van der Waals surface area contributed by atoms with Crippen molar-refractivity contribution in [2.24, 2.45) is 0 Å². The van der Waals surface area contributed by atoms with Crippen LogP contribution in [0.1, 0.15) is 47.2 Å². The van der Waals surface area contributed by atoms with Crippen molar-refractivity contribution >= 4 is 17.7 Å². The van der Waals surface area contributed by atoms with E-state index in [-0.39, 0.29) is 24.1 Å². The van der Waals surface area contributed by atoms with Crippen molar-refractivity contribution in [1.82, 2.24) is 9.80 Å². The molecule has 0 atom stereocenters. The zero-order valence-electron chi connectivity index (χ0n) is 23.8. The number of benzene rings is 2. The first-order chi connectivity index (χ1) is 20.5. The molecule has 2 saturated heterocycles. The fraction of sp³-hybridized carbons (Fsp3) is 0.406. The number of pyridine rings is 1.